The highest BCUT2D eigenvalue weighted by Crippen LogP contribution is 2.58. The van der Waals surface area contributed by atoms with Gasteiger partial charge in [-0.1, -0.05) is 13.3 Å². The molecule has 3 aliphatic heterocycles. The van der Waals surface area contributed by atoms with E-state index in [-0.39, 0.29) is 30.4 Å². The molecule has 3 heterocycles. The zero-order chi connectivity index (χ0) is 25.3. The van der Waals surface area contributed by atoms with Crippen LogP contribution >= 0.6 is 0 Å². The largest absolute Gasteiger partial charge is 0.494 e. The first-order chi connectivity index (χ1) is 16.8. The van der Waals surface area contributed by atoms with E-state index in [9.17, 15) is 19.5 Å². The molecule has 0 aromatic heterocycles. The first-order valence-electron chi connectivity index (χ1n) is 12.7. The van der Waals surface area contributed by atoms with Crippen molar-refractivity contribution in [2.24, 2.45) is 11.8 Å². The number of carbonyl (C=O) groups is 3. The second kappa shape index (κ2) is 10.1. The Hall–Kier alpha value is -2.65. The Balaban J connectivity index is 1.60. The Morgan fingerprint density at radius 3 is 2.57 bits per heavy atom. The zero-order valence-corrected chi connectivity index (χ0v) is 21.0. The van der Waals surface area contributed by atoms with Crippen molar-refractivity contribution < 1.29 is 29.0 Å². The number of amides is 3. The summed E-state index contributed by atoms with van der Waals surface area (Å²) in [4.78, 5) is 42.1. The Morgan fingerprint density at radius 2 is 1.94 bits per heavy atom. The Labute approximate surface area is 206 Å². The number of benzene rings is 1. The van der Waals surface area contributed by atoms with Gasteiger partial charge in [-0.05, 0) is 64.3 Å². The van der Waals surface area contributed by atoms with Crippen molar-refractivity contribution in [2.75, 3.05) is 18.5 Å². The van der Waals surface area contributed by atoms with Gasteiger partial charge in [0.15, 0.2) is 0 Å². The van der Waals surface area contributed by atoms with E-state index in [4.69, 9.17) is 9.47 Å². The monoisotopic (exact) mass is 487 g/mol. The number of likely N-dealkylation sites (tertiary alicyclic amines) is 1. The van der Waals surface area contributed by atoms with Crippen LogP contribution in [0.3, 0.4) is 0 Å². The van der Waals surface area contributed by atoms with E-state index in [1.165, 1.54) is 4.90 Å². The number of nitrogens with one attached hydrogen (secondary N) is 2. The van der Waals surface area contributed by atoms with Gasteiger partial charge in [-0.15, -0.1) is 0 Å². The minimum Gasteiger partial charge on any atom is -0.494 e. The van der Waals surface area contributed by atoms with Crippen LogP contribution in [0.4, 0.5) is 5.69 Å². The van der Waals surface area contributed by atoms with Crippen molar-refractivity contribution in [3.63, 3.8) is 0 Å². The lowest BCUT2D eigenvalue weighted by Gasteiger charge is -2.36. The van der Waals surface area contributed by atoms with E-state index in [1.54, 1.807) is 31.2 Å². The van der Waals surface area contributed by atoms with Gasteiger partial charge < -0.3 is 30.1 Å². The molecule has 2 bridgehead atoms. The maximum atomic E-state index is 13.7. The number of aliphatic hydroxyl groups excluding tert-OH is 1. The van der Waals surface area contributed by atoms with Gasteiger partial charge in [0.2, 0.25) is 17.7 Å². The van der Waals surface area contributed by atoms with Crippen LogP contribution in [0.15, 0.2) is 24.3 Å². The number of rotatable bonds is 10. The van der Waals surface area contributed by atoms with Crippen molar-refractivity contribution >= 4 is 23.4 Å². The molecule has 7 atom stereocenters. The average Bonchev–Trinajstić information content (AvgIpc) is 3.47. The summed E-state index contributed by atoms with van der Waals surface area (Å²) in [5, 5.41) is 15.8. The van der Waals surface area contributed by atoms with Gasteiger partial charge in [-0.25, -0.2) is 0 Å². The fraction of sp³-hybridized carbons (Fsp3) is 0.654. The molecule has 3 aliphatic rings. The van der Waals surface area contributed by atoms with Crippen molar-refractivity contribution in [3.8, 4) is 5.75 Å². The predicted octanol–water partition coefficient (Wildman–Crippen LogP) is 2.08. The lowest BCUT2D eigenvalue weighted by molar-refractivity contribution is -0.144. The fourth-order valence-corrected chi connectivity index (χ4v) is 6.11. The molecule has 0 saturated carbocycles. The van der Waals surface area contributed by atoms with Crippen LogP contribution in [0.1, 0.15) is 53.4 Å². The third-order valence-corrected chi connectivity index (χ3v) is 7.57. The van der Waals surface area contributed by atoms with Gasteiger partial charge in [0, 0.05) is 11.7 Å². The summed E-state index contributed by atoms with van der Waals surface area (Å²) < 4.78 is 11.8. The molecular formula is C26H37N3O6. The zero-order valence-electron chi connectivity index (χ0n) is 21.0. The molecule has 3 unspecified atom stereocenters. The number of ether oxygens (including phenoxy) is 2. The first kappa shape index (κ1) is 25.4. The van der Waals surface area contributed by atoms with Gasteiger partial charge >= 0.3 is 0 Å². The van der Waals surface area contributed by atoms with Crippen molar-refractivity contribution in [1.82, 2.24) is 10.2 Å². The molecule has 3 N–H and O–H groups in total. The van der Waals surface area contributed by atoms with E-state index >= 15 is 0 Å². The maximum Gasteiger partial charge on any atom is 0.246 e. The number of fused-ring (bicyclic) bond motifs is 1. The summed E-state index contributed by atoms with van der Waals surface area (Å²) in [7, 11) is 0. The third kappa shape index (κ3) is 4.40. The maximum absolute atomic E-state index is 13.7. The molecule has 9 nitrogen and oxygen atoms in total. The summed E-state index contributed by atoms with van der Waals surface area (Å²) in [6, 6.07) is 5.57. The summed E-state index contributed by atoms with van der Waals surface area (Å²) in [5.41, 5.74) is -0.467. The molecule has 1 spiro atoms. The van der Waals surface area contributed by atoms with Crippen molar-refractivity contribution in [2.45, 2.75) is 83.2 Å². The first-order valence-corrected chi connectivity index (χ1v) is 12.7. The highest BCUT2D eigenvalue weighted by molar-refractivity contribution is 6.02. The molecule has 9 heteroatoms. The van der Waals surface area contributed by atoms with Crippen LogP contribution in [0.2, 0.25) is 0 Å². The van der Waals surface area contributed by atoms with Crippen LogP contribution in [-0.4, -0.2) is 70.8 Å². The van der Waals surface area contributed by atoms with Crippen LogP contribution < -0.4 is 15.4 Å². The fourth-order valence-electron chi connectivity index (χ4n) is 6.11. The van der Waals surface area contributed by atoms with E-state index in [0.29, 0.717) is 30.9 Å². The molecule has 192 valence electrons. The Bertz CT molecular complexity index is 953. The molecule has 0 radical (unpaired) electrons. The normalized spacial score (nSPS) is 30.7. The van der Waals surface area contributed by atoms with E-state index in [0.717, 1.165) is 12.8 Å². The summed E-state index contributed by atoms with van der Waals surface area (Å²) >= 11 is 0. The molecule has 1 aromatic rings. The highest BCUT2D eigenvalue weighted by atomic mass is 16.5. The average molecular weight is 488 g/mol. The van der Waals surface area contributed by atoms with Crippen molar-refractivity contribution in [1.29, 1.82) is 0 Å². The number of carbonyl (C=O) groups excluding carboxylic acids is 3. The predicted molar refractivity (Wildman–Crippen MR) is 130 cm³/mol. The van der Waals surface area contributed by atoms with Crippen LogP contribution in [-0.2, 0) is 19.1 Å². The van der Waals surface area contributed by atoms with Gasteiger partial charge in [0.25, 0.3) is 0 Å². The SMILES string of the molecule is CCCC(C)NC(=O)C1N([C@H](C)CO)C(=O)[C@@H]2[C@@H](C(=O)Nc3ccc(OCC)cc3)[C@H]3CCC12O3. The van der Waals surface area contributed by atoms with E-state index < -0.39 is 35.6 Å². The minimum absolute atomic E-state index is 0.0540. The van der Waals surface area contributed by atoms with Gasteiger partial charge in [-0.3, -0.25) is 14.4 Å². The molecule has 35 heavy (non-hydrogen) atoms. The quantitative estimate of drug-likeness (QED) is 0.465. The number of anilines is 1. The molecular weight excluding hydrogens is 450 g/mol. The summed E-state index contributed by atoms with van der Waals surface area (Å²) in [6.07, 6.45) is 2.43. The Morgan fingerprint density at radius 1 is 1.23 bits per heavy atom. The highest BCUT2D eigenvalue weighted by Gasteiger charge is 2.74. The number of hydrogen-bond donors (Lipinski definition) is 3. The van der Waals surface area contributed by atoms with Gasteiger partial charge in [0.1, 0.15) is 17.4 Å². The van der Waals surface area contributed by atoms with Gasteiger partial charge in [-0.2, -0.15) is 0 Å². The second-order valence-electron chi connectivity index (χ2n) is 9.98. The molecule has 3 fully saturated rings. The number of hydrogen-bond acceptors (Lipinski definition) is 6. The molecule has 1 aromatic carbocycles. The van der Waals surface area contributed by atoms with Crippen LogP contribution in [0.5, 0.6) is 5.75 Å². The minimum atomic E-state index is -1.07. The third-order valence-electron chi connectivity index (χ3n) is 7.57. The lowest BCUT2D eigenvalue weighted by Crippen LogP contribution is -2.58. The number of nitrogens with zero attached hydrogens (tertiary/aromatic N) is 1. The second-order valence-corrected chi connectivity index (χ2v) is 9.98. The molecule has 0 aliphatic carbocycles. The summed E-state index contributed by atoms with van der Waals surface area (Å²) in [5.74, 6) is -1.65. The van der Waals surface area contributed by atoms with E-state index in [2.05, 4.69) is 10.6 Å². The summed E-state index contributed by atoms with van der Waals surface area (Å²) in [6.45, 7) is 7.87. The Kier molecular flexibility index (Phi) is 7.38. The number of aliphatic hydroxyl groups is 1. The van der Waals surface area contributed by atoms with E-state index in [1.807, 2.05) is 20.8 Å². The van der Waals surface area contributed by atoms with Crippen LogP contribution in [0, 0.1) is 11.8 Å². The van der Waals surface area contributed by atoms with Crippen LogP contribution in [0.25, 0.3) is 0 Å². The smallest absolute Gasteiger partial charge is 0.246 e. The molecule has 3 saturated heterocycles. The van der Waals surface area contributed by atoms with Gasteiger partial charge in [0.05, 0.1) is 37.2 Å². The molecule has 4 rings (SSSR count). The standard InChI is InChI=1S/C26H37N3O6/c1-5-7-15(3)27-24(32)22-26-13-12-19(35-26)20(21(26)25(33)29(22)16(4)14-30)23(31)28-17-8-10-18(11-9-17)34-6-2/h8-11,15-16,19-22,30H,5-7,12-14H2,1-4H3,(H,27,32)(H,28,31)/t15?,16-,19-,20+,21+,22?,26?/m1/s1. The topological polar surface area (TPSA) is 117 Å². The molecule has 3 amide bonds. The van der Waals surface area contributed by atoms with Crippen molar-refractivity contribution in [3.05, 3.63) is 24.3 Å². The lowest BCUT2D eigenvalue weighted by atomic mass is 9.70.